The molecule has 0 saturated carbocycles. The maximum Gasteiger partial charge on any atom is 0.408 e. The molecule has 0 aromatic heterocycles. The van der Waals surface area contributed by atoms with Crippen molar-refractivity contribution < 1.29 is 23.9 Å². The van der Waals surface area contributed by atoms with Crippen LogP contribution in [0, 0.1) is 20.8 Å². The molecular weight excluding hydrogens is 508 g/mol. The second-order valence-electron chi connectivity index (χ2n) is 11.2. The third-order valence-electron chi connectivity index (χ3n) is 6.39. The number of rotatable bonds is 12. The molecule has 0 radical (unpaired) electrons. The van der Waals surface area contributed by atoms with Crippen LogP contribution in [0.1, 0.15) is 81.7 Å². The Labute approximate surface area is 237 Å². The monoisotopic (exact) mass is 552 g/mol. The number of para-hydroxylation sites is 1. The van der Waals surface area contributed by atoms with E-state index in [0.717, 1.165) is 23.1 Å². The first kappa shape index (κ1) is 32.3. The minimum absolute atomic E-state index is 0.0326. The van der Waals surface area contributed by atoms with Crippen molar-refractivity contribution >= 4 is 29.5 Å². The number of benzene rings is 2. The molecule has 0 aliphatic heterocycles. The van der Waals surface area contributed by atoms with Gasteiger partial charge in [-0.05, 0) is 71.1 Å². The van der Waals surface area contributed by atoms with Crippen LogP contribution in [-0.4, -0.2) is 46.9 Å². The Bertz CT molecular complexity index is 1170. The van der Waals surface area contributed by atoms with Gasteiger partial charge in [0.25, 0.3) is 5.91 Å². The number of hydrogen-bond donors (Lipinski definition) is 3. The summed E-state index contributed by atoms with van der Waals surface area (Å²) in [6.07, 6.45) is 0.443. The number of amides is 4. The van der Waals surface area contributed by atoms with Gasteiger partial charge in [0.2, 0.25) is 11.8 Å². The quantitative estimate of drug-likeness (QED) is 0.338. The van der Waals surface area contributed by atoms with Crippen LogP contribution >= 0.6 is 0 Å². The molecule has 2 aromatic carbocycles. The highest BCUT2D eigenvalue weighted by Crippen LogP contribution is 2.28. The number of anilines is 1. The van der Waals surface area contributed by atoms with Crippen LogP contribution in [-0.2, 0) is 19.1 Å². The van der Waals surface area contributed by atoms with Crippen LogP contribution < -0.4 is 16.4 Å². The molecule has 4 amide bonds. The molecule has 0 aliphatic carbocycles. The zero-order valence-corrected chi connectivity index (χ0v) is 24.8. The molecule has 0 saturated heterocycles. The van der Waals surface area contributed by atoms with Crippen molar-refractivity contribution in [2.45, 2.75) is 91.8 Å². The van der Waals surface area contributed by atoms with E-state index in [-0.39, 0.29) is 25.3 Å². The lowest BCUT2D eigenvalue weighted by Crippen LogP contribution is -2.52. The van der Waals surface area contributed by atoms with Crippen LogP contribution in [0.25, 0.3) is 0 Å². The van der Waals surface area contributed by atoms with Gasteiger partial charge in [0.15, 0.2) is 0 Å². The summed E-state index contributed by atoms with van der Waals surface area (Å²) in [4.78, 5) is 54.0. The predicted octanol–water partition coefficient (Wildman–Crippen LogP) is 5.08. The Hall–Kier alpha value is -3.88. The normalized spacial score (nSPS) is 12.7. The first-order chi connectivity index (χ1) is 18.7. The van der Waals surface area contributed by atoms with E-state index in [2.05, 4.69) is 10.6 Å². The van der Waals surface area contributed by atoms with E-state index >= 15 is 0 Å². The van der Waals surface area contributed by atoms with Gasteiger partial charge in [-0.2, -0.15) is 0 Å². The number of nitrogens with one attached hydrogen (secondary N) is 2. The number of primary amides is 1. The van der Waals surface area contributed by atoms with Crippen molar-refractivity contribution in [3.63, 3.8) is 0 Å². The molecule has 2 atom stereocenters. The SMILES string of the molecule is CCCCN(C(=O)C(CCC(N)=O)NC(=O)OC(C)(C)C)C(C(=O)Nc1c(C)cccc1C)c1ccc(C)cc1. The third kappa shape index (κ3) is 9.70. The van der Waals surface area contributed by atoms with E-state index in [4.69, 9.17) is 10.5 Å². The molecule has 0 fully saturated rings. The zero-order chi connectivity index (χ0) is 30.0. The summed E-state index contributed by atoms with van der Waals surface area (Å²) in [5.41, 5.74) is 8.71. The Balaban J connectivity index is 2.56. The fraction of sp³-hybridized carbons (Fsp3) is 0.484. The zero-order valence-electron chi connectivity index (χ0n) is 24.8. The summed E-state index contributed by atoms with van der Waals surface area (Å²) in [7, 11) is 0. The Morgan fingerprint density at radius 2 is 1.57 bits per heavy atom. The standard InChI is InChI=1S/C31H44N4O5/c1-8-9-19-35(29(38)24(17-18-25(32)36)33-30(39)40-31(5,6)7)27(23-15-13-20(2)14-16-23)28(37)34-26-21(3)11-10-12-22(26)4/h10-16,24,27H,8-9,17-19H2,1-7H3,(H2,32,36)(H,33,39)(H,34,37). The first-order valence-corrected chi connectivity index (χ1v) is 13.8. The van der Waals surface area contributed by atoms with Crippen LogP contribution in [0.2, 0.25) is 0 Å². The minimum atomic E-state index is -1.12. The maximum atomic E-state index is 14.2. The highest BCUT2D eigenvalue weighted by molar-refractivity contribution is 6.00. The third-order valence-corrected chi connectivity index (χ3v) is 6.39. The number of nitrogens with zero attached hydrogens (tertiary/aromatic N) is 1. The van der Waals surface area contributed by atoms with Gasteiger partial charge >= 0.3 is 6.09 Å². The van der Waals surface area contributed by atoms with Gasteiger partial charge in [-0.15, -0.1) is 0 Å². The summed E-state index contributed by atoms with van der Waals surface area (Å²) < 4.78 is 5.38. The molecule has 0 aliphatic rings. The van der Waals surface area contributed by atoms with Crippen molar-refractivity contribution in [3.8, 4) is 0 Å². The van der Waals surface area contributed by atoms with Crippen LogP contribution in [0.15, 0.2) is 42.5 Å². The molecule has 9 nitrogen and oxygen atoms in total. The number of ether oxygens (including phenoxy) is 1. The predicted molar refractivity (Wildman–Crippen MR) is 157 cm³/mol. The Morgan fingerprint density at radius 3 is 2.10 bits per heavy atom. The number of carbonyl (C=O) groups is 4. The summed E-state index contributed by atoms with van der Waals surface area (Å²) in [6, 6.07) is 11.1. The molecule has 40 heavy (non-hydrogen) atoms. The van der Waals surface area contributed by atoms with E-state index in [0.29, 0.717) is 17.7 Å². The molecular formula is C31H44N4O5. The average molecular weight is 553 g/mol. The molecule has 4 N–H and O–H groups in total. The molecule has 218 valence electrons. The highest BCUT2D eigenvalue weighted by Gasteiger charge is 2.36. The fourth-order valence-electron chi connectivity index (χ4n) is 4.31. The van der Waals surface area contributed by atoms with Gasteiger partial charge in [-0.3, -0.25) is 14.4 Å². The molecule has 2 unspecified atom stereocenters. The van der Waals surface area contributed by atoms with E-state index in [1.165, 1.54) is 4.90 Å². The van der Waals surface area contributed by atoms with Crippen LogP contribution in [0.5, 0.6) is 0 Å². The number of carbonyl (C=O) groups excluding carboxylic acids is 4. The van der Waals surface area contributed by atoms with E-state index in [1.807, 2.05) is 70.2 Å². The van der Waals surface area contributed by atoms with Gasteiger partial charge in [0.1, 0.15) is 17.7 Å². The molecule has 0 heterocycles. The van der Waals surface area contributed by atoms with Crippen molar-refractivity contribution in [3.05, 3.63) is 64.7 Å². The van der Waals surface area contributed by atoms with E-state index in [9.17, 15) is 19.2 Å². The van der Waals surface area contributed by atoms with Crippen molar-refractivity contribution in [1.82, 2.24) is 10.2 Å². The molecule has 0 spiro atoms. The molecule has 9 heteroatoms. The number of aryl methyl sites for hydroxylation is 3. The first-order valence-electron chi connectivity index (χ1n) is 13.8. The summed E-state index contributed by atoms with van der Waals surface area (Å²) >= 11 is 0. The largest absolute Gasteiger partial charge is 0.444 e. The minimum Gasteiger partial charge on any atom is -0.444 e. The Kier molecular flexibility index (Phi) is 11.7. The summed E-state index contributed by atoms with van der Waals surface area (Å²) in [5.74, 6) is -1.48. The number of hydrogen-bond acceptors (Lipinski definition) is 5. The number of alkyl carbamates (subject to hydrolysis) is 1. The van der Waals surface area contributed by atoms with Gasteiger partial charge in [-0.1, -0.05) is 61.4 Å². The van der Waals surface area contributed by atoms with E-state index in [1.54, 1.807) is 20.8 Å². The highest BCUT2D eigenvalue weighted by atomic mass is 16.6. The van der Waals surface area contributed by atoms with Gasteiger partial charge < -0.3 is 26.0 Å². The lowest BCUT2D eigenvalue weighted by atomic mass is 9.99. The Morgan fingerprint density at radius 1 is 0.975 bits per heavy atom. The molecule has 0 bridgehead atoms. The summed E-state index contributed by atoms with van der Waals surface area (Å²) in [6.45, 7) is 13.2. The number of nitrogens with two attached hydrogens (primary N) is 1. The second-order valence-corrected chi connectivity index (χ2v) is 11.2. The average Bonchev–Trinajstić information content (AvgIpc) is 2.85. The summed E-state index contributed by atoms with van der Waals surface area (Å²) in [5, 5.41) is 5.66. The lowest BCUT2D eigenvalue weighted by molar-refractivity contribution is -0.141. The van der Waals surface area contributed by atoms with Gasteiger partial charge in [0, 0.05) is 18.7 Å². The maximum absolute atomic E-state index is 14.2. The molecule has 2 rings (SSSR count). The topological polar surface area (TPSA) is 131 Å². The number of unbranched alkanes of at least 4 members (excludes halogenated alkanes) is 1. The van der Waals surface area contributed by atoms with Gasteiger partial charge in [0.05, 0.1) is 0 Å². The van der Waals surface area contributed by atoms with Crippen molar-refractivity contribution in [2.24, 2.45) is 5.73 Å². The van der Waals surface area contributed by atoms with Crippen LogP contribution in [0.3, 0.4) is 0 Å². The fourth-order valence-corrected chi connectivity index (χ4v) is 4.31. The lowest BCUT2D eigenvalue weighted by Gasteiger charge is -2.35. The molecule has 2 aromatic rings. The smallest absolute Gasteiger partial charge is 0.408 e. The second kappa shape index (κ2) is 14.5. The van der Waals surface area contributed by atoms with E-state index < -0.39 is 35.6 Å². The van der Waals surface area contributed by atoms with Crippen molar-refractivity contribution in [2.75, 3.05) is 11.9 Å². The van der Waals surface area contributed by atoms with Crippen molar-refractivity contribution in [1.29, 1.82) is 0 Å². The van der Waals surface area contributed by atoms with Crippen LogP contribution in [0.4, 0.5) is 10.5 Å². The van der Waals surface area contributed by atoms with Gasteiger partial charge in [-0.25, -0.2) is 4.79 Å².